The SMILES string of the molecule is O.O.O.O.O=C([O-])c1ccccc1.[Mn+2]. The Balaban J connectivity index is -0.0000000540. The number of carbonyl (C=O) groups is 1. The van der Waals surface area contributed by atoms with Crippen LogP contribution in [0.25, 0.3) is 0 Å². The zero-order chi connectivity index (χ0) is 6.69. The van der Waals surface area contributed by atoms with Crippen molar-refractivity contribution in [3.8, 4) is 0 Å². The van der Waals surface area contributed by atoms with Crippen LogP contribution in [0.5, 0.6) is 0 Å². The van der Waals surface area contributed by atoms with Crippen molar-refractivity contribution >= 4 is 5.97 Å². The molecule has 1 aromatic rings. The Morgan fingerprint density at radius 2 is 1.29 bits per heavy atom. The third-order valence-corrected chi connectivity index (χ3v) is 1.01. The molecule has 0 fully saturated rings. The molecule has 83 valence electrons. The summed E-state index contributed by atoms with van der Waals surface area (Å²) in [5.41, 5.74) is 0.220. The fourth-order valence-electron chi connectivity index (χ4n) is 0.574. The molecule has 0 amide bonds. The molecule has 0 aromatic heterocycles. The van der Waals surface area contributed by atoms with Gasteiger partial charge in [-0.1, -0.05) is 30.3 Å². The van der Waals surface area contributed by atoms with Crippen LogP contribution in [-0.4, -0.2) is 27.9 Å². The van der Waals surface area contributed by atoms with Crippen molar-refractivity contribution < 1.29 is 48.9 Å². The second-order valence-electron chi connectivity index (χ2n) is 1.65. The first-order valence-electron chi connectivity index (χ1n) is 2.57. The molecule has 0 heterocycles. The Bertz CT molecular complexity index is 215. The van der Waals surface area contributed by atoms with E-state index in [1.807, 2.05) is 0 Å². The van der Waals surface area contributed by atoms with E-state index in [-0.39, 0.29) is 44.5 Å². The van der Waals surface area contributed by atoms with Crippen molar-refractivity contribution in [3.63, 3.8) is 0 Å². The molecule has 7 heteroatoms. The minimum absolute atomic E-state index is 0. The van der Waals surface area contributed by atoms with Gasteiger partial charge in [0, 0.05) is 0 Å². The van der Waals surface area contributed by atoms with E-state index in [4.69, 9.17) is 0 Å². The molecule has 0 spiro atoms. The molecule has 0 atom stereocenters. The van der Waals surface area contributed by atoms with Crippen LogP contribution in [-0.2, 0) is 17.1 Å². The van der Waals surface area contributed by atoms with Crippen LogP contribution in [0.4, 0.5) is 0 Å². The van der Waals surface area contributed by atoms with E-state index in [0.717, 1.165) is 0 Å². The van der Waals surface area contributed by atoms with Gasteiger partial charge in [0.2, 0.25) is 0 Å². The van der Waals surface area contributed by atoms with Crippen molar-refractivity contribution in [2.75, 3.05) is 0 Å². The largest absolute Gasteiger partial charge is 2.00 e. The number of carboxylic acids is 1. The molecule has 14 heavy (non-hydrogen) atoms. The molecule has 0 unspecified atom stereocenters. The zero-order valence-corrected chi connectivity index (χ0v) is 8.26. The molecule has 0 aliphatic carbocycles. The van der Waals surface area contributed by atoms with Gasteiger partial charge >= 0.3 is 17.1 Å². The smallest absolute Gasteiger partial charge is 0.545 e. The van der Waals surface area contributed by atoms with Gasteiger partial charge in [-0.2, -0.15) is 0 Å². The molecule has 6 nitrogen and oxygen atoms in total. The molecule has 1 radical (unpaired) electrons. The van der Waals surface area contributed by atoms with Gasteiger partial charge in [0.25, 0.3) is 0 Å². The first-order chi connectivity index (χ1) is 4.30. The summed E-state index contributed by atoms with van der Waals surface area (Å²) in [7, 11) is 0. The third-order valence-electron chi connectivity index (χ3n) is 1.01. The summed E-state index contributed by atoms with van der Waals surface area (Å²) in [4.78, 5) is 10.1. The summed E-state index contributed by atoms with van der Waals surface area (Å²) in [6, 6.07) is 8.06. The minimum Gasteiger partial charge on any atom is -0.545 e. The van der Waals surface area contributed by atoms with E-state index in [2.05, 4.69) is 0 Å². The van der Waals surface area contributed by atoms with Crippen molar-refractivity contribution in [3.05, 3.63) is 35.9 Å². The van der Waals surface area contributed by atoms with E-state index in [9.17, 15) is 9.90 Å². The molecule has 1 aromatic carbocycles. The maximum atomic E-state index is 10.1. The molecule has 0 saturated carbocycles. The fourth-order valence-corrected chi connectivity index (χ4v) is 0.574. The molecule has 0 saturated heterocycles. The molecule has 8 N–H and O–H groups in total. The summed E-state index contributed by atoms with van der Waals surface area (Å²) >= 11 is 0. The van der Waals surface area contributed by atoms with E-state index < -0.39 is 5.97 Å². The van der Waals surface area contributed by atoms with Crippen LogP contribution in [0.3, 0.4) is 0 Å². The molecular formula is C7H13MnO6+. The minimum atomic E-state index is -1.13. The summed E-state index contributed by atoms with van der Waals surface area (Å²) in [6.07, 6.45) is 0. The normalized spacial score (nSPS) is 5.71. The predicted molar refractivity (Wildman–Crippen MR) is 45.2 cm³/mol. The van der Waals surface area contributed by atoms with Crippen LogP contribution in [0, 0.1) is 0 Å². The third kappa shape index (κ3) is 9.14. The van der Waals surface area contributed by atoms with Gasteiger partial charge in [0.05, 0.1) is 5.97 Å². The Morgan fingerprint density at radius 3 is 1.50 bits per heavy atom. The summed E-state index contributed by atoms with van der Waals surface area (Å²) < 4.78 is 0. The van der Waals surface area contributed by atoms with Crippen molar-refractivity contribution in [2.24, 2.45) is 0 Å². The van der Waals surface area contributed by atoms with E-state index in [0.29, 0.717) is 0 Å². The number of aromatic carboxylic acids is 1. The second-order valence-corrected chi connectivity index (χ2v) is 1.65. The average Bonchev–Trinajstić information content (AvgIpc) is 1.90. The van der Waals surface area contributed by atoms with Crippen LogP contribution < -0.4 is 5.11 Å². The zero-order valence-electron chi connectivity index (χ0n) is 7.08. The Hall–Kier alpha value is -0.951. The molecular weight excluding hydrogens is 235 g/mol. The second kappa shape index (κ2) is 14.6. The number of benzene rings is 1. The number of carbonyl (C=O) groups excluding carboxylic acids is 1. The molecule has 0 bridgehead atoms. The monoisotopic (exact) mass is 248 g/mol. The van der Waals surface area contributed by atoms with Gasteiger partial charge in [-0.05, 0) is 5.56 Å². The van der Waals surface area contributed by atoms with E-state index in [1.165, 1.54) is 12.1 Å². The first kappa shape index (κ1) is 29.2. The predicted octanol–water partition coefficient (Wildman–Crippen LogP) is -3.25. The summed E-state index contributed by atoms with van der Waals surface area (Å²) in [5, 5.41) is 10.1. The number of carboxylic acid groups (broad SMARTS) is 1. The Kier molecular flexibility index (Phi) is 30.4. The van der Waals surface area contributed by atoms with Crippen molar-refractivity contribution in [1.82, 2.24) is 0 Å². The van der Waals surface area contributed by atoms with Gasteiger partial charge in [0.15, 0.2) is 0 Å². The number of hydrogen-bond donors (Lipinski definition) is 0. The van der Waals surface area contributed by atoms with Gasteiger partial charge in [-0.25, -0.2) is 0 Å². The maximum absolute atomic E-state index is 10.1. The van der Waals surface area contributed by atoms with Gasteiger partial charge < -0.3 is 31.8 Å². The quantitative estimate of drug-likeness (QED) is 0.476. The van der Waals surface area contributed by atoms with E-state index >= 15 is 0 Å². The van der Waals surface area contributed by atoms with Gasteiger partial charge in [-0.3, -0.25) is 0 Å². The number of hydrogen-bond acceptors (Lipinski definition) is 2. The van der Waals surface area contributed by atoms with Crippen LogP contribution in [0.1, 0.15) is 10.4 Å². The van der Waals surface area contributed by atoms with Gasteiger partial charge in [0.1, 0.15) is 0 Å². The standard InChI is InChI=1S/C7H6O2.Mn.4H2O/c8-7(9)6-4-2-1-3-5-6;;;;;/h1-5H,(H,8,9);;4*1H2/q;+2;;;;/p-1. The van der Waals surface area contributed by atoms with Crippen molar-refractivity contribution in [2.45, 2.75) is 0 Å². The van der Waals surface area contributed by atoms with Crippen LogP contribution in [0.2, 0.25) is 0 Å². The van der Waals surface area contributed by atoms with E-state index in [1.54, 1.807) is 18.2 Å². The topological polar surface area (TPSA) is 166 Å². The maximum Gasteiger partial charge on any atom is 2.00 e. The molecule has 0 aliphatic rings. The average molecular weight is 248 g/mol. The fraction of sp³-hybridized carbons (Fsp3) is 0. The Morgan fingerprint density at radius 1 is 0.929 bits per heavy atom. The van der Waals surface area contributed by atoms with Crippen LogP contribution >= 0.6 is 0 Å². The molecule has 0 aliphatic heterocycles. The van der Waals surface area contributed by atoms with Gasteiger partial charge in [-0.15, -0.1) is 0 Å². The van der Waals surface area contributed by atoms with Crippen molar-refractivity contribution in [1.29, 1.82) is 0 Å². The summed E-state index contributed by atoms with van der Waals surface area (Å²) in [5.74, 6) is -1.13. The Labute approximate surface area is 91.3 Å². The summed E-state index contributed by atoms with van der Waals surface area (Å²) in [6.45, 7) is 0. The van der Waals surface area contributed by atoms with Crippen LogP contribution in [0.15, 0.2) is 30.3 Å². The molecule has 1 rings (SSSR count). The number of rotatable bonds is 1. The first-order valence-corrected chi connectivity index (χ1v) is 2.57.